The highest BCUT2D eigenvalue weighted by Crippen LogP contribution is 2.31. The number of halogens is 1. The fourth-order valence-corrected chi connectivity index (χ4v) is 2.19. The van der Waals surface area contributed by atoms with Crippen LogP contribution >= 0.6 is 11.6 Å². The molecule has 1 unspecified atom stereocenters. The normalized spacial score (nSPS) is 18.3. The lowest BCUT2D eigenvalue weighted by molar-refractivity contribution is 0.426. The van der Waals surface area contributed by atoms with E-state index in [-0.39, 0.29) is 5.54 Å². The molecular formula is C16H16ClN. The molecule has 0 aliphatic heterocycles. The third-order valence-corrected chi connectivity index (χ3v) is 3.54. The van der Waals surface area contributed by atoms with E-state index in [9.17, 15) is 0 Å². The molecule has 0 saturated carbocycles. The second-order valence-corrected chi connectivity index (χ2v) is 4.97. The third-order valence-electron chi connectivity index (χ3n) is 3.29. The topological polar surface area (TPSA) is 26.0 Å². The molecule has 1 nitrogen and oxygen atoms in total. The number of rotatable bonds is 4. The average molecular weight is 258 g/mol. The minimum absolute atomic E-state index is 0.361. The van der Waals surface area contributed by atoms with Crippen LogP contribution in [0.5, 0.6) is 0 Å². The number of benzene rings is 1. The summed E-state index contributed by atoms with van der Waals surface area (Å²) in [5, 5.41) is 0.736. The SMILES string of the molecule is CCC(N)(CC1=C[C][C]C=C1)c1ccc(Cl)cc1. The van der Waals surface area contributed by atoms with Gasteiger partial charge in [0.05, 0.1) is 0 Å². The molecule has 18 heavy (non-hydrogen) atoms. The van der Waals surface area contributed by atoms with Crippen LogP contribution in [-0.4, -0.2) is 0 Å². The summed E-state index contributed by atoms with van der Waals surface area (Å²) in [5.74, 6) is 0. The van der Waals surface area contributed by atoms with Crippen molar-refractivity contribution in [1.82, 2.24) is 0 Å². The molecule has 2 rings (SSSR count). The number of allylic oxidation sites excluding steroid dienone is 3. The Morgan fingerprint density at radius 2 is 1.94 bits per heavy atom. The van der Waals surface area contributed by atoms with Gasteiger partial charge in [0.2, 0.25) is 0 Å². The molecule has 0 heterocycles. The zero-order chi connectivity index (χ0) is 13.0. The Kier molecular flexibility index (Phi) is 4.26. The van der Waals surface area contributed by atoms with Crippen molar-refractivity contribution in [3.05, 3.63) is 71.5 Å². The van der Waals surface area contributed by atoms with Crippen molar-refractivity contribution in [2.45, 2.75) is 25.3 Å². The summed E-state index contributed by atoms with van der Waals surface area (Å²) >= 11 is 5.92. The van der Waals surface area contributed by atoms with E-state index in [1.165, 1.54) is 5.57 Å². The Labute approximate surface area is 114 Å². The highest BCUT2D eigenvalue weighted by molar-refractivity contribution is 6.30. The van der Waals surface area contributed by atoms with Gasteiger partial charge < -0.3 is 5.73 Å². The smallest absolute Gasteiger partial charge is 0.0447 e. The fourth-order valence-electron chi connectivity index (χ4n) is 2.07. The van der Waals surface area contributed by atoms with Crippen molar-refractivity contribution < 1.29 is 0 Å². The van der Waals surface area contributed by atoms with Crippen molar-refractivity contribution in [3.8, 4) is 0 Å². The summed E-state index contributed by atoms with van der Waals surface area (Å²) in [6.07, 6.45) is 13.4. The molecule has 0 bridgehead atoms. The van der Waals surface area contributed by atoms with Gasteiger partial charge in [0.15, 0.2) is 0 Å². The molecule has 92 valence electrons. The molecule has 1 aromatic rings. The minimum Gasteiger partial charge on any atom is -0.321 e. The van der Waals surface area contributed by atoms with Gasteiger partial charge in [-0.15, -0.1) is 0 Å². The van der Waals surface area contributed by atoms with E-state index in [1.807, 2.05) is 42.5 Å². The first-order chi connectivity index (χ1) is 8.64. The summed E-state index contributed by atoms with van der Waals surface area (Å²) in [6, 6.07) is 7.79. The van der Waals surface area contributed by atoms with E-state index in [1.54, 1.807) is 0 Å². The lowest BCUT2D eigenvalue weighted by Gasteiger charge is -2.30. The molecule has 2 N–H and O–H groups in total. The van der Waals surface area contributed by atoms with E-state index in [0.717, 1.165) is 23.4 Å². The lowest BCUT2D eigenvalue weighted by atomic mass is 9.81. The van der Waals surface area contributed by atoms with Crippen LogP contribution in [0, 0.1) is 12.8 Å². The zero-order valence-electron chi connectivity index (χ0n) is 10.4. The Hall–Kier alpha value is -1.05. The van der Waals surface area contributed by atoms with Gasteiger partial charge in [0.25, 0.3) is 0 Å². The quantitative estimate of drug-likeness (QED) is 0.868. The van der Waals surface area contributed by atoms with Crippen LogP contribution in [0.25, 0.3) is 0 Å². The molecular weight excluding hydrogens is 242 g/mol. The number of nitrogens with two attached hydrogens (primary N) is 1. The molecule has 0 spiro atoms. The highest BCUT2D eigenvalue weighted by atomic mass is 35.5. The largest absolute Gasteiger partial charge is 0.321 e. The van der Waals surface area contributed by atoms with Crippen LogP contribution < -0.4 is 5.73 Å². The summed E-state index contributed by atoms with van der Waals surface area (Å²) in [7, 11) is 0. The maximum Gasteiger partial charge on any atom is 0.0447 e. The molecule has 0 fully saturated rings. The van der Waals surface area contributed by atoms with Crippen LogP contribution in [0.2, 0.25) is 5.02 Å². The lowest BCUT2D eigenvalue weighted by Crippen LogP contribution is -2.36. The second-order valence-electron chi connectivity index (χ2n) is 4.53. The molecule has 1 atom stereocenters. The van der Waals surface area contributed by atoms with Gasteiger partial charge in [-0.1, -0.05) is 48.9 Å². The Balaban J connectivity index is 2.21. The Morgan fingerprint density at radius 3 is 2.50 bits per heavy atom. The van der Waals surface area contributed by atoms with E-state index < -0.39 is 0 Å². The minimum atomic E-state index is -0.361. The summed E-state index contributed by atoms with van der Waals surface area (Å²) in [6.45, 7) is 2.10. The van der Waals surface area contributed by atoms with Crippen molar-refractivity contribution >= 4 is 11.6 Å². The molecule has 4 radical (unpaired) electrons. The van der Waals surface area contributed by atoms with E-state index in [4.69, 9.17) is 17.3 Å². The first kappa shape index (κ1) is 13.4. The van der Waals surface area contributed by atoms with Crippen molar-refractivity contribution in [3.63, 3.8) is 0 Å². The average Bonchev–Trinajstić information content (AvgIpc) is 2.40. The molecule has 1 aliphatic rings. The van der Waals surface area contributed by atoms with Gasteiger partial charge in [-0.25, -0.2) is 0 Å². The first-order valence-corrected chi connectivity index (χ1v) is 6.43. The van der Waals surface area contributed by atoms with Gasteiger partial charge in [-0.3, -0.25) is 0 Å². The van der Waals surface area contributed by atoms with Crippen LogP contribution in [-0.2, 0) is 5.54 Å². The third kappa shape index (κ3) is 3.04. The standard InChI is InChI=1S/C16H16ClN/c1-2-16(18,12-13-6-4-3-5-7-13)14-8-10-15(17)11-9-14/h4,6-11H,2,12,18H2,1H3. The van der Waals surface area contributed by atoms with Gasteiger partial charge >= 0.3 is 0 Å². The predicted molar refractivity (Wildman–Crippen MR) is 75.9 cm³/mol. The van der Waals surface area contributed by atoms with E-state index in [0.29, 0.717) is 0 Å². The molecule has 2 heteroatoms. The molecule has 0 saturated heterocycles. The van der Waals surface area contributed by atoms with Crippen LogP contribution in [0.15, 0.2) is 48.1 Å². The maximum atomic E-state index is 6.53. The summed E-state index contributed by atoms with van der Waals surface area (Å²) < 4.78 is 0. The summed E-state index contributed by atoms with van der Waals surface area (Å²) in [4.78, 5) is 0. The second kappa shape index (κ2) is 5.73. The van der Waals surface area contributed by atoms with Gasteiger partial charge in [-0.05, 0) is 36.1 Å². The highest BCUT2D eigenvalue weighted by Gasteiger charge is 2.26. The van der Waals surface area contributed by atoms with E-state index in [2.05, 4.69) is 19.8 Å². The number of hydrogen-bond acceptors (Lipinski definition) is 1. The van der Waals surface area contributed by atoms with Gasteiger partial charge in [0.1, 0.15) is 0 Å². The van der Waals surface area contributed by atoms with Crippen LogP contribution in [0.3, 0.4) is 0 Å². The van der Waals surface area contributed by atoms with Gasteiger partial charge in [0, 0.05) is 23.4 Å². The Bertz CT molecular complexity index is 458. The van der Waals surface area contributed by atoms with Crippen molar-refractivity contribution in [2.24, 2.45) is 5.73 Å². The van der Waals surface area contributed by atoms with Crippen molar-refractivity contribution in [2.75, 3.05) is 0 Å². The summed E-state index contributed by atoms with van der Waals surface area (Å²) in [5.41, 5.74) is 8.46. The van der Waals surface area contributed by atoms with Crippen molar-refractivity contribution in [1.29, 1.82) is 0 Å². The van der Waals surface area contributed by atoms with Crippen LogP contribution in [0.1, 0.15) is 25.3 Å². The molecule has 0 aromatic heterocycles. The zero-order valence-corrected chi connectivity index (χ0v) is 11.2. The monoisotopic (exact) mass is 257 g/mol. The van der Waals surface area contributed by atoms with Crippen LogP contribution in [0.4, 0.5) is 0 Å². The molecule has 1 aromatic carbocycles. The maximum absolute atomic E-state index is 6.53. The number of hydrogen-bond donors (Lipinski definition) is 1. The Morgan fingerprint density at radius 1 is 1.22 bits per heavy atom. The fraction of sp³-hybridized carbons (Fsp3) is 0.250. The molecule has 1 aliphatic carbocycles. The van der Waals surface area contributed by atoms with E-state index >= 15 is 0 Å². The first-order valence-electron chi connectivity index (χ1n) is 6.05. The molecule has 0 amide bonds. The predicted octanol–water partition coefficient (Wildman–Crippen LogP) is 3.95. The van der Waals surface area contributed by atoms with Gasteiger partial charge in [-0.2, -0.15) is 0 Å².